The van der Waals surface area contributed by atoms with E-state index in [1.165, 1.54) is 18.2 Å². The second kappa shape index (κ2) is 3.01. The summed E-state index contributed by atoms with van der Waals surface area (Å²) >= 11 is 0. The summed E-state index contributed by atoms with van der Waals surface area (Å²) in [4.78, 5) is 0. The molecule has 0 aromatic heterocycles. The van der Waals surface area contributed by atoms with Gasteiger partial charge in [-0.3, -0.25) is 0 Å². The quantitative estimate of drug-likeness (QED) is 0.601. The summed E-state index contributed by atoms with van der Waals surface area (Å²) in [5.74, 6) is 0. The highest BCUT2D eigenvalue weighted by Crippen LogP contribution is 2.34. The zero-order chi connectivity index (χ0) is 10.2. The molecule has 0 N–H and O–H groups in total. The van der Waals surface area contributed by atoms with Gasteiger partial charge in [-0.1, -0.05) is 24.3 Å². The molecule has 0 atom stereocenters. The molecular weight excluding hydrogens is 189 g/mol. The van der Waals surface area contributed by atoms with E-state index in [1.54, 1.807) is 12.1 Å². The zero-order valence-corrected chi connectivity index (χ0v) is 7.10. The normalized spacial score (nSPS) is 11.9. The summed E-state index contributed by atoms with van der Waals surface area (Å²) in [5, 5.41) is 0.779. The van der Waals surface area contributed by atoms with Gasteiger partial charge in [0.05, 0.1) is 5.56 Å². The Kier molecular flexibility index (Phi) is 1.95. The molecule has 0 fully saturated rings. The Morgan fingerprint density at radius 3 is 2.57 bits per heavy atom. The van der Waals surface area contributed by atoms with E-state index in [2.05, 4.69) is 6.07 Å². The van der Waals surface area contributed by atoms with Crippen LogP contribution in [0, 0.1) is 6.07 Å². The van der Waals surface area contributed by atoms with Gasteiger partial charge in [0.15, 0.2) is 0 Å². The first kappa shape index (κ1) is 9.06. The lowest BCUT2D eigenvalue weighted by Gasteiger charge is -2.09. The summed E-state index contributed by atoms with van der Waals surface area (Å²) < 4.78 is 37.5. The summed E-state index contributed by atoms with van der Waals surface area (Å²) in [7, 11) is 0. The van der Waals surface area contributed by atoms with Crippen molar-refractivity contribution in [2.45, 2.75) is 6.18 Å². The molecule has 0 bridgehead atoms. The maximum Gasteiger partial charge on any atom is 0.417 e. The molecule has 0 spiro atoms. The van der Waals surface area contributed by atoms with E-state index in [4.69, 9.17) is 0 Å². The average Bonchev–Trinajstić information content (AvgIpc) is 2.15. The summed E-state index contributed by atoms with van der Waals surface area (Å²) in [5.41, 5.74) is -0.594. The van der Waals surface area contributed by atoms with Crippen molar-refractivity contribution in [2.24, 2.45) is 0 Å². The lowest BCUT2D eigenvalue weighted by Crippen LogP contribution is -2.05. The van der Waals surface area contributed by atoms with Crippen molar-refractivity contribution in [2.75, 3.05) is 0 Å². The number of halogens is 3. The highest BCUT2D eigenvalue weighted by atomic mass is 19.4. The van der Waals surface area contributed by atoms with Crippen molar-refractivity contribution in [3.8, 4) is 0 Å². The second-order valence-corrected chi connectivity index (χ2v) is 2.95. The van der Waals surface area contributed by atoms with E-state index in [-0.39, 0.29) is 5.39 Å². The molecule has 2 aromatic carbocycles. The Balaban J connectivity index is 2.78. The third kappa shape index (κ3) is 1.45. The van der Waals surface area contributed by atoms with E-state index in [0.717, 1.165) is 6.07 Å². The fraction of sp³-hybridized carbons (Fsp3) is 0.0909. The summed E-state index contributed by atoms with van der Waals surface area (Å²) in [6.45, 7) is 0. The lowest BCUT2D eigenvalue weighted by atomic mass is 10.0. The molecule has 2 rings (SSSR count). The van der Waals surface area contributed by atoms with Crippen LogP contribution in [0.15, 0.2) is 36.4 Å². The molecule has 0 aliphatic heterocycles. The van der Waals surface area contributed by atoms with Crippen molar-refractivity contribution in [1.82, 2.24) is 0 Å². The van der Waals surface area contributed by atoms with Crippen molar-refractivity contribution in [1.29, 1.82) is 0 Å². The molecule has 2 aromatic rings. The van der Waals surface area contributed by atoms with E-state index in [0.29, 0.717) is 5.39 Å². The first-order chi connectivity index (χ1) is 6.59. The number of alkyl halides is 3. The molecule has 0 heterocycles. The zero-order valence-electron chi connectivity index (χ0n) is 7.10. The Labute approximate surface area is 79.0 Å². The summed E-state index contributed by atoms with van der Waals surface area (Å²) in [6, 6.07) is 11.3. The van der Waals surface area contributed by atoms with Crippen LogP contribution in [0.3, 0.4) is 0 Å². The van der Waals surface area contributed by atoms with Crippen LogP contribution in [-0.2, 0) is 6.18 Å². The van der Waals surface area contributed by atoms with E-state index in [1.807, 2.05) is 0 Å². The summed E-state index contributed by atoms with van der Waals surface area (Å²) in [6.07, 6.45) is -4.29. The van der Waals surface area contributed by atoms with Gasteiger partial charge < -0.3 is 0 Å². The molecule has 0 saturated carbocycles. The Bertz CT molecular complexity index is 452. The number of fused-ring (bicyclic) bond motifs is 1. The third-order valence-electron chi connectivity index (χ3n) is 2.03. The molecule has 0 aliphatic rings. The minimum atomic E-state index is -4.29. The molecule has 1 radical (unpaired) electrons. The SMILES string of the molecule is FC(F)(F)c1cccc2c[c]ccc12. The van der Waals surface area contributed by atoms with Gasteiger partial charge >= 0.3 is 6.18 Å². The van der Waals surface area contributed by atoms with E-state index in [9.17, 15) is 13.2 Å². The number of hydrogen-bond donors (Lipinski definition) is 0. The topological polar surface area (TPSA) is 0 Å². The molecule has 71 valence electrons. The van der Waals surface area contributed by atoms with Crippen LogP contribution in [0.4, 0.5) is 13.2 Å². The van der Waals surface area contributed by atoms with Crippen LogP contribution in [0.2, 0.25) is 0 Å². The van der Waals surface area contributed by atoms with E-state index >= 15 is 0 Å². The predicted octanol–water partition coefficient (Wildman–Crippen LogP) is 3.66. The van der Waals surface area contributed by atoms with Crippen LogP contribution in [0.1, 0.15) is 5.56 Å². The van der Waals surface area contributed by atoms with Gasteiger partial charge in [0, 0.05) is 0 Å². The van der Waals surface area contributed by atoms with Gasteiger partial charge in [0.2, 0.25) is 0 Å². The highest BCUT2D eigenvalue weighted by Gasteiger charge is 2.31. The van der Waals surface area contributed by atoms with Crippen molar-refractivity contribution >= 4 is 10.8 Å². The number of benzene rings is 2. The van der Waals surface area contributed by atoms with Crippen LogP contribution in [0.5, 0.6) is 0 Å². The average molecular weight is 195 g/mol. The maximum absolute atomic E-state index is 12.5. The van der Waals surface area contributed by atoms with Gasteiger partial charge in [-0.2, -0.15) is 13.2 Å². The minimum Gasteiger partial charge on any atom is -0.166 e. The molecule has 0 amide bonds. The number of hydrogen-bond acceptors (Lipinski definition) is 0. The highest BCUT2D eigenvalue weighted by molar-refractivity contribution is 5.85. The van der Waals surface area contributed by atoms with Crippen molar-refractivity contribution < 1.29 is 13.2 Å². The fourth-order valence-corrected chi connectivity index (χ4v) is 1.41. The second-order valence-electron chi connectivity index (χ2n) is 2.95. The van der Waals surface area contributed by atoms with Gasteiger partial charge in [0.1, 0.15) is 0 Å². The maximum atomic E-state index is 12.5. The molecule has 14 heavy (non-hydrogen) atoms. The van der Waals surface area contributed by atoms with Crippen LogP contribution < -0.4 is 0 Å². The Hall–Kier alpha value is -1.51. The van der Waals surface area contributed by atoms with Gasteiger partial charge in [-0.15, -0.1) is 0 Å². The fourth-order valence-electron chi connectivity index (χ4n) is 1.41. The van der Waals surface area contributed by atoms with Gasteiger partial charge in [0.25, 0.3) is 0 Å². The predicted molar refractivity (Wildman–Crippen MR) is 47.8 cm³/mol. The van der Waals surface area contributed by atoms with Crippen LogP contribution in [0.25, 0.3) is 10.8 Å². The van der Waals surface area contributed by atoms with Crippen LogP contribution >= 0.6 is 0 Å². The Morgan fingerprint density at radius 2 is 1.86 bits per heavy atom. The molecular formula is C11H6F3. The van der Waals surface area contributed by atoms with Crippen molar-refractivity contribution in [3.05, 3.63) is 48.0 Å². The molecule has 3 heteroatoms. The molecule has 0 unspecified atom stereocenters. The smallest absolute Gasteiger partial charge is 0.166 e. The first-order valence-corrected chi connectivity index (χ1v) is 4.05. The lowest BCUT2D eigenvalue weighted by molar-refractivity contribution is -0.136. The minimum absolute atomic E-state index is 0.221. The molecule has 0 aliphatic carbocycles. The van der Waals surface area contributed by atoms with Crippen molar-refractivity contribution in [3.63, 3.8) is 0 Å². The first-order valence-electron chi connectivity index (χ1n) is 4.05. The Morgan fingerprint density at radius 1 is 1.07 bits per heavy atom. The van der Waals surface area contributed by atoms with E-state index < -0.39 is 11.7 Å². The number of rotatable bonds is 0. The van der Waals surface area contributed by atoms with Gasteiger partial charge in [-0.05, 0) is 29.0 Å². The standard InChI is InChI=1S/C11H6F3/c12-11(13,14)10-7-3-5-8-4-1-2-6-9(8)10/h2-7H. The van der Waals surface area contributed by atoms with Crippen LogP contribution in [-0.4, -0.2) is 0 Å². The monoisotopic (exact) mass is 195 g/mol. The van der Waals surface area contributed by atoms with Gasteiger partial charge in [-0.25, -0.2) is 0 Å². The molecule has 0 saturated heterocycles. The molecule has 0 nitrogen and oxygen atoms in total. The third-order valence-corrected chi connectivity index (χ3v) is 2.03. The largest absolute Gasteiger partial charge is 0.417 e.